The molecule has 0 atom stereocenters. The van der Waals surface area contributed by atoms with E-state index in [0.29, 0.717) is 37.4 Å². The van der Waals surface area contributed by atoms with Gasteiger partial charge in [-0.3, -0.25) is 14.3 Å². The van der Waals surface area contributed by atoms with Gasteiger partial charge in [-0.25, -0.2) is 0 Å². The molecule has 2 heterocycles. The molecule has 0 aliphatic carbocycles. The van der Waals surface area contributed by atoms with Crippen molar-refractivity contribution in [3.63, 3.8) is 0 Å². The SMILES string of the molecule is O=C(CSc1nnc(-c2ccccn2)n1-c1ccc(Cl)cc1)Nc1cc(Cl)ccc1Cl. The van der Waals surface area contributed by atoms with Gasteiger partial charge in [0.2, 0.25) is 5.91 Å². The summed E-state index contributed by atoms with van der Waals surface area (Å²) < 4.78 is 1.84. The highest BCUT2D eigenvalue weighted by atomic mass is 35.5. The molecule has 156 valence electrons. The molecule has 0 radical (unpaired) electrons. The Morgan fingerprint density at radius 3 is 2.48 bits per heavy atom. The van der Waals surface area contributed by atoms with Crippen LogP contribution in [0.15, 0.2) is 72.0 Å². The van der Waals surface area contributed by atoms with Gasteiger partial charge in [0.1, 0.15) is 5.69 Å². The molecule has 4 rings (SSSR count). The fourth-order valence-electron chi connectivity index (χ4n) is 2.76. The number of anilines is 1. The number of halogens is 3. The summed E-state index contributed by atoms with van der Waals surface area (Å²) in [5.74, 6) is 0.402. The number of nitrogens with one attached hydrogen (secondary N) is 1. The van der Waals surface area contributed by atoms with Gasteiger partial charge >= 0.3 is 0 Å². The Morgan fingerprint density at radius 1 is 0.968 bits per heavy atom. The Hall–Kier alpha value is -2.58. The zero-order valence-electron chi connectivity index (χ0n) is 15.8. The number of benzene rings is 2. The summed E-state index contributed by atoms with van der Waals surface area (Å²) in [6.07, 6.45) is 1.69. The normalized spacial score (nSPS) is 10.8. The van der Waals surface area contributed by atoms with E-state index in [2.05, 4.69) is 20.5 Å². The van der Waals surface area contributed by atoms with Crippen molar-refractivity contribution in [1.29, 1.82) is 0 Å². The fourth-order valence-corrected chi connectivity index (χ4v) is 3.97. The number of rotatable bonds is 6. The van der Waals surface area contributed by atoms with E-state index in [4.69, 9.17) is 34.8 Å². The summed E-state index contributed by atoms with van der Waals surface area (Å²) in [6.45, 7) is 0. The van der Waals surface area contributed by atoms with Crippen molar-refractivity contribution in [1.82, 2.24) is 19.7 Å². The molecule has 0 fully saturated rings. The van der Waals surface area contributed by atoms with Crippen molar-refractivity contribution in [3.05, 3.63) is 81.9 Å². The second-order valence-electron chi connectivity index (χ2n) is 6.29. The second kappa shape index (κ2) is 9.70. The highest BCUT2D eigenvalue weighted by Gasteiger charge is 2.18. The van der Waals surface area contributed by atoms with E-state index in [1.807, 2.05) is 34.9 Å². The highest BCUT2D eigenvalue weighted by Crippen LogP contribution is 2.29. The third-order valence-corrected chi connectivity index (χ3v) is 5.89. The Balaban J connectivity index is 1.59. The van der Waals surface area contributed by atoms with E-state index in [1.54, 1.807) is 36.5 Å². The Kier molecular flexibility index (Phi) is 6.77. The van der Waals surface area contributed by atoms with Crippen LogP contribution in [0.2, 0.25) is 15.1 Å². The van der Waals surface area contributed by atoms with Crippen molar-refractivity contribution in [2.24, 2.45) is 0 Å². The maximum Gasteiger partial charge on any atom is 0.234 e. The summed E-state index contributed by atoms with van der Waals surface area (Å²) in [7, 11) is 0. The largest absolute Gasteiger partial charge is 0.324 e. The molecule has 4 aromatic rings. The topological polar surface area (TPSA) is 72.7 Å². The van der Waals surface area contributed by atoms with Crippen LogP contribution in [0.4, 0.5) is 5.69 Å². The first-order valence-electron chi connectivity index (χ1n) is 9.02. The number of aromatic nitrogens is 4. The van der Waals surface area contributed by atoms with Crippen molar-refractivity contribution < 1.29 is 4.79 Å². The fraction of sp³-hybridized carbons (Fsp3) is 0.0476. The van der Waals surface area contributed by atoms with E-state index in [1.165, 1.54) is 11.8 Å². The van der Waals surface area contributed by atoms with Crippen LogP contribution in [0.25, 0.3) is 17.2 Å². The first-order chi connectivity index (χ1) is 15.0. The van der Waals surface area contributed by atoms with Crippen molar-refractivity contribution in [3.8, 4) is 17.2 Å². The third-order valence-electron chi connectivity index (χ3n) is 4.15. The van der Waals surface area contributed by atoms with Crippen LogP contribution in [0, 0.1) is 0 Å². The standard InChI is InChI=1S/C21H14Cl3N5OS/c22-13-4-7-15(8-5-13)29-20(17-3-1-2-10-25-17)27-28-21(29)31-12-19(30)26-18-11-14(23)6-9-16(18)24/h1-11H,12H2,(H,26,30). The molecule has 1 N–H and O–H groups in total. The molecule has 0 bridgehead atoms. The molecule has 0 unspecified atom stereocenters. The maximum atomic E-state index is 12.5. The van der Waals surface area contributed by atoms with Crippen molar-refractivity contribution in [2.75, 3.05) is 11.1 Å². The monoisotopic (exact) mass is 489 g/mol. The summed E-state index contributed by atoms with van der Waals surface area (Å²) >= 11 is 19.4. The Bertz CT molecular complexity index is 1220. The van der Waals surface area contributed by atoms with Gasteiger partial charge in [0, 0.05) is 21.9 Å². The minimum atomic E-state index is -0.251. The van der Waals surface area contributed by atoms with Gasteiger partial charge in [-0.1, -0.05) is 52.6 Å². The molecule has 10 heteroatoms. The zero-order valence-corrected chi connectivity index (χ0v) is 18.9. The molecule has 31 heavy (non-hydrogen) atoms. The maximum absolute atomic E-state index is 12.5. The molecule has 2 aromatic heterocycles. The van der Waals surface area contributed by atoms with Gasteiger partial charge in [0.05, 0.1) is 16.5 Å². The van der Waals surface area contributed by atoms with E-state index in [9.17, 15) is 4.79 Å². The lowest BCUT2D eigenvalue weighted by molar-refractivity contribution is -0.113. The molecule has 0 saturated carbocycles. The zero-order chi connectivity index (χ0) is 21.8. The van der Waals surface area contributed by atoms with Crippen molar-refractivity contribution >= 4 is 58.2 Å². The van der Waals surface area contributed by atoms with Gasteiger partial charge in [-0.2, -0.15) is 0 Å². The van der Waals surface area contributed by atoms with Crippen molar-refractivity contribution in [2.45, 2.75) is 5.16 Å². The molecular weight excluding hydrogens is 477 g/mol. The Morgan fingerprint density at radius 2 is 1.74 bits per heavy atom. The van der Waals surface area contributed by atoms with E-state index < -0.39 is 0 Å². The van der Waals surface area contributed by atoms with E-state index in [0.717, 1.165) is 5.69 Å². The summed E-state index contributed by atoms with van der Waals surface area (Å²) in [4.78, 5) is 16.9. The van der Waals surface area contributed by atoms with Crippen LogP contribution in [0.3, 0.4) is 0 Å². The van der Waals surface area contributed by atoms with Gasteiger partial charge < -0.3 is 5.32 Å². The number of hydrogen-bond donors (Lipinski definition) is 1. The predicted octanol–water partition coefficient (Wildman–Crippen LogP) is 6.02. The van der Waals surface area contributed by atoms with Crippen LogP contribution in [-0.4, -0.2) is 31.4 Å². The third kappa shape index (κ3) is 5.19. The lowest BCUT2D eigenvalue weighted by Gasteiger charge is -2.11. The molecule has 0 spiro atoms. The second-order valence-corrected chi connectivity index (χ2v) is 8.52. The van der Waals surface area contributed by atoms with Gasteiger partial charge in [0.15, 0.2) is 11.0 Å². The van der Waals surface area contributed by atoms with Crippen LogP contribution >= 0.6 is 46.6 Å². The van der Waals surface area contributed by atoms with E-state index >= 15 is 0 Å². The molecule has 6 nitrogen and oxygen atoms in total. The molecule has 1 amide bonds. The molecule has 0 aliphatic heterocycles. The number of amides is 1. The van der Waals surface area contributed by atoms with Crippen LogP contribution < -0.4 is 5.32 Å². The highest BCUT2D eigenvalue weighted by molar-refractivity contribution is 7.99. The van der Waals surface area contributed by atoms with Gasteiger partial charge in [-0.15, -0.1) is 10.2 Å². The molecular formula is C21H14Cl3N5OS. The minimum Gasteiger partial charge on any atom is -0.324 e. The van der Waals surface area contributed by atoms with E-state index in [-0.39, 0.29) is 11.7 Å². The van der Waals surface area contributed by atoms with Gasteiger partial charge in [0.25, 0.3) is 0 Å². The lowest BCUT2D eigenvalue weighted by Crippen LogP contribution is -2.15. The number of thioether (sulfide) groups is 1. The summed E-state index contributed by atoms with van der Waals surface area (Å²) in [5, 5.41) is 13.4. The molecule has 2 aromatic carbocycles. The smallest absolute Gasteiger partial charge is 0.234 e. The number of hydrogen-bond acceptors (Lipinski definition) is 5. The predicted molar refractivity (Wildman–Crippen MR) is 125 cm³/mol. The quantitative estimate of drug-likeness (QED) is 0.335. The number of pyridine rings is 1. The first-order valence-corrected chi connectivity index (χ1v) is 11.1. The Labute approximate surface area is 197 Å². The average Bonchev–Trinajstić information content (AvgIpc) is 3.20. The van der Waals surface area contributed by atoms with Crippen LogP contribution in [0.5, 0.6) is 0 Å². The first kappa shape index (κ1) is 21.6. The van der Waals surface area contributed by atoms with Crippen LogP contribution in [0.1, 0.15) is 0 Å². The molecule has 0 aliphatic rings. The number of carbonyl (C=O) groups is 1. The van der Waals surface area contributed by atoms with Crippen LogP contribution in [-0.2, 0) is 4.79 Å². The number of nitrogens with zero attached hydrogens (tertiary/aromatic N) is 4. The number of carbonyl (C=O) groups excluding carboxylic acids is 1. The molecule has 0 saturated heterocycles. The lowest BCUT2D eigenvalue weighted by atomic mass is 10.3. The average molecular weight is 491 g/mol. The summed E-state index contributed by atoms with van der Waals surface area (Å²) in [5.41, 5.74) is 1.91. The summed E-state index contributed by atoms with van der Waals surface area (Å²) in [6, 6.07) is 17.7. The minimum absolute atomic E-state index is 0.0940. The van der Waals surface area contributed by atoms with Gasteiger partial charge in [-0.05, 0) is 54.6 Å².